The molecule has 2 N–H and O–H groups in total. The summed E-state index contributed by atoms with van der Waals surface area (Å²) >= 11 is 0. The van der Waals surface area contributed by atoms with E-state index >= 15 is 0 Å². The van der Waals surface area contributed by atoms with Crippen molar-refractivity contribution in [1.82, 2.24) is 0 Å². The van der Waals surface area contributed by atoms with Gasteiger partial charge in [0, 0.05) is 5.69 Å². The zero-order chi connectivity index (χ0) is 11.2. The van der Waals surface area contributed by atoms with Crippen LogP contribution in [0.1, 0.15) is 62.8 Å². The zero-order valence-corrected chi connectivity index (χ0v) is 10.1. The SMILES string of the molecule is Nc1ccc(C2CCCCCCCC2)cc1. The number of benzene rings is 1. The largest absolute Gasteiger partial charge is 0.399 e. The Morgan fingerprint density at radius 1 is 0.750 bits per heavy atom. The van der Waals surface area contributed by atoms with Crippen LogP contribution in [0.2, 0.25) is 0 Å². The van der Waals surface area contributed by atoms with E-state index in [2.05, 4.69) is 12.1 Å². The maximum Gasteiger partial charge on any atom is 0.0314 e. The maximum absolute atomic E-state index is 5.74. The van der Waals surface area contributed by atoms with Gasteiger partial charge < -0.3 is 5.73 Å². The first kappa shape index (κ1) is 11.5. The van der Waals surface area contributed by atoms with E-state index in [1.807, 2.05) is 12.1 Å². The number of rotatable bonds is 1. The number of nitrogen functional groups attached to an aromatic ring is 1. The number of hydrogen-bond acceptors (Lipinski definition) is 1. The lowest BCUT2D eigenvalue weighted by atomic mass is 9.89. The Morgan fingerprint density at radius 3 is 1.81 bits per heavy atom. The molecule has 0 aromatic heterocycles. The van der Waals surface area contributed by atoms with Gasteiger partial charge in [0.05, 0.1) is 0 Å². The van der Waals surface area contributed by atoms with Gasteiger partial charge in [0.1, 0.15) is 0 Å². The van der Waals surface area contributed by atoms with Crippen LogP contribution < -0.4 is 5.73 Å². The van der Waals surface area contributed by atoms with E-state index in [1.165, 1.54) is 56.9 Å². The summed E-state index contributed by atoms with van der Waals surface area (Å²) in [5.41, 5.74) is 8.11. The molecule has 1 fully saturated rings. The Kier molecular flexibility index (Phi) is 4.26. The number of hydrogen-bond donors (Lipinski definition) is 1. The molecule has 0 unspecified atom stereocenters. The van der Waals surface area contributed by atoms with Crippen molar-refractivity contribution in [2.45, 2.75) is 57.3 Å². The van der Waals surface area contributed by atoms with Crippen molar-refractivity contribution in [3.63, 3.8) is 0 Å². The second-order valence-corrected chi connectivity index (χ2v) is 5.06. The third-order valence-electron chi connectivity index (χ3n) is 3.76. The van der Waals surface area contributed by atoms with Gasteiger partial charge in [-0.25, -0.2) is 0 Å². The monoisotopic (exact) mass is 217 g/mol. The van der Waals surface area contributed by atoms with Crippen LogP contribution in [0.25, 0.3) is 0 Å². The molecule has 16 heavy (non-hydrogen) atoms. The molecule has 1 nitrogen and oxygen atoms in total. The molecule has 1 aliphatic carbocycles. The summed E-state index contributed by atoms with van der Waals surface area (Å²) in [7, 11) is 0. The van der Waals surface area contributed by atoms with Crippen LogP contribution >= 0.6 is 0 Å². The van der Waals surface area contributed by atoms with Crippen LogP contribution in [0.4, 0.5) is 5.69 Å². The molecule has 1 heteroatoms. The van der Waals surface area contributed by atoms with Gasteiger partial charge in [0.2, 0.25) is 0 Å². The lowest BCUT2D eigenvalue weighted by molar-refractivity contribution is 0.540. The summed E-state index contributed by atoms with van der Waals surface area (Å²) in [6.07, 6.45) is 11.2. The van der Waals surface area contributed by atoms with Crippen LogP contribution in [0, 0.1) is 0 Å². The highest BCUT2D eigenvalue weighted by molar-refractivity contribution is 5.40. The quantitative estimate of drug-likeness (QED) is 0.689. The van der Waals surface area contributed by atoms with E-state index in [-0.39, 0.29) is 0 Å². The van der Waals surface area contributed by atoms with Gasteiger partial charge in [0.25, 0.3) is 0 Å². The molecule has 1 aliphatic rings. The van der Waals surface area contributed by atoms with E-state index in [9.17, 15) is 0 Å². The first-order valence-electron chi connectivity index (χ1n) is 6.72. The van der Waals surface area contributed by atoms with Crippen molar-refractivity contribution in [1.29, 1.82) is 0 Å². The highest BCUT2D eigenvalue weighted by Crippen LogP contribution is 2.30. The summed E-state index contributed by atoms with van der Waals surface area (Å²) in [4.78, 5) is 0. The third kappa shape index (κ3) is 3.26. The van der Waals surface area contributed by atoms with E-state index in [4.69, 9.17) is 5.73 Å². The standard InChI is InChI=1S/C15H23N/c16-15-11-9-14(10-12-15)13-7-5-3-1-2-4-6-8-13/h9-13H,1-8,16H2. The molecule has 0 atom stereocenters. The first-order chi connectivity index (χ1) is 7.86. The number of anilines is 1. The average Bonchev–Trinajstić information content (AvgIpc) is 2.43. The summed E-state index contributed by atoms with van der Waals surface area (Å²) < 4.78 is 0. The van der Waals surface area contributed by atoms with Crippen molar-refractivity contribution in [3.8, 4) is 0 Å². The smallest absolute Gasteiger partial charge is 0.0314 e. The van der Waals surface area contributed by atoms with Gasteiger partial charge in [0.15, 0.2) is 0 Å². The lowest BCUT2D eigenvalue weighted by Gasteiger charge is -2.16. The van der Waals surface area contributed by atoms with Gasteiger partial charge in [-0.1, -0.05) is 50.7 Å². The first-order valence-corrected chi connectivity index (χ1v) is 6.72. The van der Waals surface area contributed by atoms with Crippen molar-refractivity contribution in [2.75, 3.05) is 5.73 Å². The minimum atomic E-state index is 0.777. The fourth-order valence-corrected chi connectivity index (χ4v) is 2.73. The molecule has 1 aromatic rings. The number of nitrogens with two attached hydrogens (primary N) is 1. The van der Waals surface area contributed by atoms with Gasteiger partial charge in [-0.05, 0) is 36.5 Å². The van der Waals surface area contributed by atoms with Gasteiger partial charge >= 0.3 is 0 Å². The van der Waals surface area contributed by atoms with Crippen LogP contribution in [-0.4, -0.2) is 0 Å². The van der Waals surface area contributed by atoms with Gasteiger partial charge in [-0.3, -0.25) is 0 Å². The van der Waals surface area contributed by atoms with Crippen molar-refractivity contribution in [3.05, 3.63) is 29.8 Å². The van der Waals surface area contributed by atoms with E-state index < -0.39 is 0 Å². The van der Waals surface area contributed by atoms with Crippen LogP contribution in [0.15, 0.2) is 24.3 Å². The fraction of sp³-hybridized carbons (Fsp3) is 0.600. The average molecular weight is 217 g/mol. The van der Waals surface area contributed by atoms with Crippen molar-refractivity contribution >= 4 is 5.69 Å². The summed E-state index contributed by atoms with van der Waals surface area (Å²) in [5, 5.41) is 0. The second-order valence-electron chi connectivity index (χ2n) is 5.06. The Morgan fingerprint density at radius 2 is 1.25 bits per heavy atom. The Labute approximate surface area is 99.0 Å². The van der Waals surface area contributed by atoms with Crippen molar-refractivity contribution < 1.29 is 0 Å². The van der Waals surface area contributed by atoms with Crippen molar-refractivity contribution in [2.24, 2.45) is 0 Å². The summed E-state index contributed by atoms with van der Waals surface area (Å²) in [6, 6.07) is 8.53. The van der Waals surface area contributed by atoms with Gasteiger partial charge in [-0.15, -0.1) is 0 Å². The molecular weight excluding hydrogens is 194 g/mol. The molecule has 1 aromatic carbocycles. The Hall–Kier alpha value is -0.980. The normalized spacial score (nSPS) is 19.8. The lowest BCUT2D eigenvalue weighted by Crippen LogP contribution is -1.99. The molecule has 0 bridgehead atoms. The molecule has 0 radical (unpaired) electrons. The fourth-order valence-electron chi connectivity index (χ4n) is 2.73. The molecule has 0 heterocycles. The van der Waals surface area contributed by atoms with Crippen LogP contribution in [0.5, 0.6) is 0 Å². The minimum Gasteiger partial charge on any atom is -0.399 e. The molecule has 0 aliphatic heterocycles. The Balaban J connectivity index is 2.01. The van der Waals surface area contributed by atoms with Gasteiger partial charge in [-0.2, -0.15) is 0 Å². The van der Waals surface area contributed by atoms with Crippen LogP contribution in [0.3, 0.4) is 0 Å². The van der Waals surface area contributed by atoms with E-state index in [1.54, 1.807) is 0 Å². The molecule has 2 rings (SSSR count). The van der Waals surface area contributed by atoms with E-state index in [0.29, 0.717) is 0 Å². The second kappa shape index (κ2) is 5.93. The Bertz CT molecular complexity index is 292. The highest BCUT2D eigenvalue weighted by Gasteiger charge is 2.12. The van der Waals surface area contributed by atoms with E-state index in [0.717, 1.165) is 11.6 Å². The predicted octanol–water partition coefficient (Wildman–Crippen LogP) is 4.49. The summed E-state index contributed by atoms with van der Waals surface area (Å²) in [5.74, 6) is 0.777. The molecule has 0 amide bonds. The zero-order valence-electron chi connectivity index (χ0n) is 10.1. The predicted molar refractivity (Wildman–Crippen MR) is 70.5 cm³/mol. The molecule has 0 spiro atoms. The topological polar surface area (TPSA) is 26.0 Å². The highest BCUT2D eigenvalue weighted by atomic mass is 14.5. The third-order valence-corrected chi connectivity index (χ3v) is 3.76. The minimum absolute atomic E-state index is 0.777. The maximum atomic E-state index is 5.74. The molecule has 0 saturated heterocycles. The molecule has 1 saturated carbocycles. The summed E-state index contributed by atoms with van der Waals surface area (Å²) in [6.45, 7) is 0. The molecule has 88 valence electrons. The van der Waals surface area contributed by atoms with Crippen LogP contribution in [-0.2, 0) is 0 Å². The molecular formula is C15H23N.